The standard InChI is InChI=1S/C12H14FN3O4S/c1-6-3-8(13)11(14)7(2)12(6)21(19,20)16-4-9(17)15-10(18)5-16/h3H,4-5,14H2,1-2H3,(H,15,17,18). The number of nitrogens with two attached hydrogens (primary N) is 1. The van der Waals surface area contributed by atoms with E-state index in [-0.39, 0.29) is 21.7 Å². The lowest BCUT2D eigenvalue weighted by Gasteiger charge is -2.26. The lowest BCUT2D eigenvalue weighted by atomic mass is 10.1. The maximum absolute atomic E-state index is 13.5. The van der Waals surface area contributed by atoms with Crippen molar-refractivity contribution in [3.63, 3.8) is 0 Å². The van der Waals surface area contributed by atoms with Crippen molar-refractivity contribution >= 4 is 27.5 Å². The zero-order chi connectivity index (χ0) is 15.9. The Labute approximate surface area is 121 Å². The summed E-state index contributed by atoms with van der Waals surface area (Å²) in [6.07, 6.45) is 0. The number of nitrogens with one attached hydrogen (secondary N) is 1. The molecule has 1 saturated heterocycles. The lowest BCUT2D eigenvalue weighted by molar-refractivity contribution is -0.134. The van der Waals surface area contributed by atoms with Crippen molar-refractivity contribution in [3.05, 3.63) is 23.0 Å². The van der Waals surface area contributed by atoms with Crippen LogP contribution in [0.5, 0.6) is 0 Å². The first kappa shape index (κ1) is 15.4. The highest BCUT2D eigenvalue weighted by molar-refractivity contribution is 7.89. The molecule has 0 atom stereocenters. The second-order valence-electron chi connectivity index (χ2n) is 4.79. The number of hydrogen-bond acceptors (Lipinski definition) is 5. The monoisotopic (exact) mass is 315 g/mol. The first-order valence-corrected chi connectivity index (χ1v) is 7.46. The Kier molecular flexibility index (Phi) is 3.72. The average Bonchev–Trinajstić information content (AvgIpc) is 2.34. The molecule has 0 spiro atoms. The van der Waals surface area contributed by atoms with Crippen molar-refractivity contribution in [1.82, 2.24) is 9.62 Å². The predicted octanol–water partition coefficient (Wildman–Crippen LogP) is -0.328. The summed E-state index contributed by atoms with van der Waals surface area (Å²) in [4.78, 5) is 22.5. The summed E-state index contributed by atoms with van der Waals surface area (Å²) < 4.78 is 39.5. The second kappa shape index (κ2) is 5.08. The molecule has 0 bridgehead atoms. The van der Waals surface area contributed by atoms with Gasteiger partial charge in [0.1, 0.15) is 5.82 Å². The summed E-state index contributed by atoms with van der Waals surface area (Å²) in [5, 5.41) is 2.01. The van der Waals surface area contributed by atoms with Crippen LogP contribution >= 0.6 is 0 Å². The zero-order valence-corrected chi connectivity index (χ0v) is 12.3. The first-order valence-electron chi connectivity index (χ1n) is 6.02. The van der Waals surface area contributed by atoms with E-state index in [4.69, 9.17) is 5.73 Å². The molecule has 2 amide bonds. The van der Waals surface area contributed by atoms with E-state index in [1.54, 1.807) is 0 Å². The van der Waals surface area contributed by atoms with E-state index < -0.39 is 40.7 Å². The van der Waals surface area contributed by atoms with Crippen LogP contribution < -0.4 is 11.1 Å². The van der Waals surface area contributed by atoms with Crippen LogP contribution in [-0.4, -0.2) is 37.6 Å². The second-order valence-corrected chi connectivity index (χ2v) is 6.66. The van der Waals surface area contributed by atoms with E-state index in [0.717, 1.165) is 10.4 Å². The Morgan fingerprint density at radius 1 is 1.24 bits per heavy atom. The quantitative estimate of drug-likeness (QED) is 0.574. The summed E-state index contributed by atoms with van der Waals surface area (Å²) in [6, 6.07) is 1.01. The fourth-order valence-corrected chi connectivity index (χ4v) is 4.03. The lowest BCUT2D eigenvalue weighted by Crippen LogP contribution is -2.53. The van der Waals surface area contributed by atoms with E-state index in [9.17, 15) is 22.4 Å². The average molecular weight is 315 g/mol. The number of benzene rings is 1. The highest BCUT2D eigenvalue weighted by atomic mass is 32.2. The van der Waals surface area contributed by atoms with Crippen molar-refractivity contribution in [1.29, 1.82) is 0 Å². The van der Waals surface area contributed by atoms with Crippen molar-refractivity contribution in [2.75, 3.05) is 18.8 Å². The van der Waals surface area contributed by atoms with Gasteiger partial charge in [0.15, 0.2) is 0 Å². The van der Waals surface area contributed by atoms with Gasteiger partial charge in [0, 0.05) is 0 Å². The number of aryl methyl sites for hydroxylation is 1. The highest BCUT2D eigenvalue weighted by Gasteiger charge is 2.35. The van der Waals surface area contributed by atoms with Gasteiger partial charge in [-0.25, -0.2) is 12.8 Å². The predicted molar refractivity (Wildman–Crippen MR) is 72.2 cm³/mol. The molecule has 1 aliphatic heterocycles. The number of halogens is 1. The number of piperazine rings is 1. The van der Waals surface area contributed by atoms with Gasteiger partial charge in [0.25, 0.3) is 0 Å². The number of sulfonamides is 1. The summed E-state index contributed by atoms with van der Waals surface area (Å²) in [7, 11) is -4.12. The number of carbonyl (C=O) groups excluding carboxylic acids is 2. The summed E-state index contributed by atoms with van der Waals surface area (Å²) in [5.41, 5.74) is 5.48. The Morgan fingerprint density at radius 2 is 1.76 bits per heavy atom. The van der Waals surface area contributed by atoms with E-state index in [1.165, 1.54) is 13.8 Å². The van der Waals surface area contributed by atoms with Crippen molar-refractivity contribution in [3.8, 4) is 0 Å². The van der Waals surface area contributed by atoms with Gasteiger partial charge in [-0.15, -0.1) is 0 Å². The van der Waals surface area contributed by atoms with Crippen LogP contribution in [0.4, 0.5) is 10.1 Å². The van der Waals surface area contributed by atoms with Crippen molar-refractivity contribution in [2.24, 2.45) is 0 Å². The number of amides is 2. The largest absolute Gasteiger partial charge is 0.396 e. The molecule has 0 unspecified atom stereocenters. The van der Waals surface area contributed by atoms with E-state index in [0.29, 0.717) is 0 Å². The summed E-state index contributed by atoms with van der Waals surface area (Å²) in [6.45, 7) is 1.87. The molecule has 9 heteroatoms. The Morgan fingerprint density at radius 3 is 2.29 bits per heavy atom. The molecule has 0 aromatic heterocycles. The minimum atomic E-state index is -4.12. The first-order chi connectivity index (χ1) is 9.64. The SMILES string of the molecule is Cc1cc(F)c(N)c(C)c1S(=O)(=O)N1CC(=O)NC(=O)C1. The zero-order valence-electron chi connectivity index (χ0n) is 11.4. The minimum absolute atomic E-state index is 0.0610. The summed E-state index contributed by atoms with van der Waals surface area (Å²) >= 11 is 0. The van der Waals surface area contributed by atoms with Gasteiger partial charge >= 0.3 is 0 Å². The van der Waals surface area contributed by atoms with E-state index in [2.05, 4.69) is 0 Å². The molecular formula is C12H14FN3O4S. The molecule has 1 aromatic carbocycles. The molecule has 7 nitrogen and oxygen atoms in total. The number of imide groups is 1. The van der Waals surface area contributed by atoms with Crippen LogP contribution in [-0.2, 0) is 19.6 Å². The number of anilines is 1. The van der Waals surface area contributed by atoms with E-state index >= 15 is 0 Å². The molecule has 114 valence electrons. The fraction of sp³-hybridized carbons (Fsp3) is 0.333. The Hall–Kier alpha value is -2.00. The Balaban J connectivity index is 2.57. The van der Waals surface area contributed by atoms with Crippen LogP contribution in [0.2, 0.25) is 0 Å². The molecule has 3 N–H and O–H groups in total. The van der Waals surface area contributed by atoms with E-state index in [1.807, 2.05) is 5.32 Å². The molecular weight excluding hydrogens is 301 g/mol. The third kappa shape index (κ3) is 2.61. The number of nitrogens with zero attached hydrogens (tertiary/aromatic N) is 1. The maximum Gasteiger partial charge on any atom is 0.244 e. The Bertz CT molecular complexity index is 729. The van der Waals surface area contributed by atoms with Crippen LogP contribution in [0.25, 0.3) is 0 Å². The molecule has 21 heavy (non-hydrogen) atoms. The number of carbonyl (C=O) groups is 2. The number of nitrogen functional groups attached to an aromatic ring is 1. The minimum Gasteiger partial charge on any atom is -0.396 e. The number of rotatable bonds is 2. The third-order valence-corrected chi connectivity index (χ3v) is 5.30. The molecule has 1 aliphatic rings. The van der Waals surface area contributed by atoms with Gasteiger partial charge in [-0.3, -0.25) is 14.9 Å². The van der Waals surface area contributed by atoms with Crippen LogP contribution in [0.3, 0.4) is 0 Å². The van der Waals surface area contributed by atoms with Gasteiger partial charge in [0.2, 0.25) is 21.8 Å². The normalized spacial score (nSPS) is 16.9. The van der Waals surface area contributed by atoms with Crippen LogP contribution in [0, 0.1) is 19.7 Å². The molecule has 1 fully saturated rings. The number of hydrogen-bond donors (Lipinski definition) is 2. The van der Waals surface area contributed by atoms with Gasteiger partial charge in [-0.1, -0.05) is 0 Å². The molecule has 0 aliphatic carbocycles. The van der Waals surface area contributed by atoms with Crippen LogP contribution in [0.15, 0.2) is 11.0 Å². The molecule has 1 heterocycles. The molecule has 2 rings (SSSR count). The smallest absolute Gasteiger partial charge is 0.244 e. The third-order valence-electron chi connectivity index (χ3n) is 3.22. The van der Waals surface area contributed by atoms with Crippen molar-refractivity contribution in [2.45, 2.75) is 18.7 Å². The molecule has 1 aromatic rings. The summed E-state index contributed by atoms with van der Waals surface area (Å²) in [5.74, 6) is -2.13. The maximum atomic E-state index is 13.5. The molecule has 0 saturated carbocycles. The van der Waals surface area contributed by atoms with Gasteiger partial charge in [0.05, 0.1) is 23.7 Å². The van der Waals surface area contributed by atoms with Gasteiger partial charge < -0.3 is 5.73 Å². The van der Waals surface area contributed by atoms with Crippen LogP contribution in [0.1, 0.15) is 11.1 Å². The molecule has 0 radical (unpaired) electrons. The fourth-order valence-electron chi connectivity index (χ4n) is 2.24. The van der Waals surface area contributed by atoms with Gasteiger partial charge in [-0.2, -0.15) is 4.31 Å². The topological polar surface area (TPSA) is 110 Å². The van der Waals surface area contributed by atoms with Crippen molar-refractivity contribution < 1.29 is 22.4 Å². The van der Waals surface area contributed by atoms with Gasteiger partial charge in [-0.05, 0) is 31.0 Å². The highest BCUT2D eigenvalue weighted by Crippen LogP contribution is 2.30.